The Morgan fingerprint density at radius 1 is 0.969 bits per heavy atom. The number of hydrogen-bond donors (Lipinski definition) is 0. The summed E-state index contributed by atoms with van der Waals surface area (Å²) in [5.41, 5.74) is 4.60. The van der Waals surface area contributed by atoms with E-state index in [1.54, 1.807) is 24.0 Å². The normalized spacial score (nSPS) is 11.6. The van der Waals surface area contributed by atoms with Crippen LogP contribution in [0.15, 0.2) is 71.6 Å². The molecule has 7 heteroatoms. The second-order valence-corrected chi connectivity index (χ2v) is 11.0. The van der Waals surface area contributed by atoms with E-state index in [1.807, 2.05) is 43.3 Å². The Balaban J connectivity index is 1.75. The first-order chi connectivity index (χ1) is 15.3. The molecule has 32 heavy (non-hydrogen) atoms. The lowest BCUT2D eigenvalue weighted by atomic mass is 10.1. The molecule has 4 rings (SSSR count). The van der Waals surface area contributed by atoms with Crippen LogP contribution < -0.4 is 4.90 Å². The predicted molar refractivity (Wildman–Crippen MR) is 130 cm³/mol. The minimum atomic E-state index is -3.32. The highest BCUT2D eigenvalue weighted by atomic mass is 32.2. The second-order valence-electron chi connectivity index (χ2n) is 7.71. The lowest BCUT2D eigenvalue weighted by Gasteiger charge is -2.20. The fourth-order valence-electron chi connectivity index (χ4n) is 3.40. The number of aryl methyl sites for hydroxylation is 2. The Labute approximate surface area is 192 Å². The van der Waals surface area contributed by atoms with Gasteiger partial charge in [-0.3, -0.25) is 9.69 Å². The van der Waals surface area contributed by atoms with E-state index in [4.69, 9.17) is 4.98 Å². The monoisotopic (exact) mass is 464 g/mol. The van der Waals surface area contributed by atoms with Gasteiger partial charge in [-0.2, -0.15) is 0 Å². The summed E-state index contributed by atoms with van der Waals surface area (Å²) in [5.74, 6) is -0.202. The Morgan fingerprint density at radius 3 is 2.28 bits per heavy atom. The molecule has 0 saturated heterocycles. The maximum absolute atomic E-state index is 13.5. The molecule has 0 fully saturated rings. The largest absolute Gasteiger partial charge is 0.279 e. The van der Waals surface area contributed by atoms with E-state index in [2.05, 4.69) is 13.0 Å². The van der Waals surface area contributed by atoms with Crippen LogP contribution in [0.4, 0.5) is 5.13 Å². The van der Waals surface area contributed by atoms with Gasteiger partial charge >= 0.3 is 0 Å². The number of aromatic nitrogens is 1. The molecule has 0 aliphatic heterocycles. The average Bonchev–Trinajstić information content (AvgIpc) is 3.20. The van der Waals surface area contributed by atoms with E-state index < -0.39 is 9.84 Å². The molecule has 4 aromatic rings. The fourth-order valence-corrected chi connectivity index (χ4v) is 5.33. The number of sulfone groups is 1. The summed E-state index contributed by atoms with van der Waals surface area (Å²) < 4.78 is 25.3. The molecule has 0 aliphatic carbocycles. The predicted octanol–water partition coefficient (Wildman–Crippen LogP) is 5.55. The van der Waals surface area contributed by atoms with E-state index in [9.17, 15) is 13.2 Å². The summed E-state index contributed by atoms with van der Waals surface area (Å²) in [6.07, 6.45) is 0. The number of fused-ring (bicyclic) bond motifs is 1. The van der Waals surface area contributed by atoms with Crippen molar-refractivity contribution in [1.29, 1.82) is 0 Å². The first-order valence-electron chi connectivity index (χ1n) is 10.3. The number of anilines is 1. The smallest absolute Gasteiger partial charge is 0.260 e. The molecule has 5 nitrogen and oxygen atoms in total. The Bertz CT molecular complexity index is 1340. The van der Waals surface area contributed by atoms with E-state index in [0.29, 0.717) is 17.2 Å². The first kappa shape index (κ1) is 22.2. The van der Waals surface area contributed by atoms with Crippen LogP contribution in [0.5, 0.6) is 0 Å². The second kappa shape index (κ2) is 8.84. The van der Waals surface area contributed by atoms with Gasteiger partial charge in [0.15, 0.2) is 15.0 Å². The van der Waals surface area contributed by atoms with Gasteiger partial charge < -0.3 is 0 Å². The van der Waals surface area contributed by atoms with Crippen molar-refractivity contribution in [1.82, 2.24) is 4.98 Å². The maximum Gasteiger partial charge on any atom is 0.260 e. The molecular weight excluding hydrogens is 440 g/mol. The summed E-state index contributed by atoms with van der Waals surface area (Å²) in [7, 11) is -3.32. The number of carbonyl (C=O) groups excluding carboxylic acids is 1. The van der Waals surface area contributed by atoms with Crippen molar-refractivity contribution in [2.75, 3.05) is 10.7 Å². The Kier molecular flexibility index (Phi) is 6.13. The van der Waals surface area contributed by atoms with Gasteiger partial charge in [-0.15, -0.1) is 0 Å². The molecular formula is C25H24N2O3S2. The van der Waals surface area contributed by atoms with Crippen molar-refractivity contribution < 1.29 is 13.2 Å². The number of carbonyl (C=O) groups is 1. The zero-order chi connectivity index (χ0) is 22.9. The minimum Gasteiger partial charge on any atom is -0.279 e. The number of thiazole rings is 1. The highest BCUT2D eigenvalue weighted by Crippen LogP contribution is 2.32. The molecule has 1 aromatic heterocycles. The average molecular weight is 465 g/mol. The Hall–Kier alpha value is -3.03. The van der Waals surface area contributed by atoms with Crippen molar-refractivity contribution >= 4 is 42.4 Å². The van der Waals surface area contributed by atoms with Crippen molar-refractivity contribution in [3.8, 4) is 0 Å². The van der Waals surface area contributed by atoms with Crippen molar-refractivity contribution in [2.24, 2.45) is 0 Å². The van der Waals surface area contributed by atoms with Crippen molar-refractivity contribution in [2.45, 2.75) is 32.2 Å². The van der Waals surface area contributed by atoms with Crippen LogP contribution in [0.25, 0.3) is 10.2 Å². The zero-order valence-electron chi connectivity index (χ0n) is 18.2. The van der Waals surface area contributed by atoms with Crippen LogP contribution in [-0.2, 0) is 16.4 Å². The van der Waals surface area contributed by atoms with Gasteiger partial charge in [0.1, 0.15) is 0 Å². The molecule has 0 aliphatic rings. The molecule has 0 radical (unpaired) electrons. The van der Waals surface area contributed by atoms with Crippen LogP contribution in [0.2, 0.25) is 0 Å². The highest BCUT2D eigenvalue weighted by Gasteiger charge is 2.23. The van der Waals surface area contributed by atoms with Crippen LogP contribution >= 0.6 is 11.3 Å². The third-order valence-corrected chi connectivity index (χ3v) is 8.28. The third-order valence-electron chi connectivity index (χ3n) is 5.49. The third kappa shape index (κ3) is 4.45. The number of benzene rings is 3. The van der Waals surface area contributed by atoms with Gasteiger partial charge in [-0.1, -0.05) is 48.6 Å². The summed E-state index contributed by atoms with van der Waals surface area (Å²) >= 11 is 1.48. The van der Waals surface area contributed by atoms with Gasteiger partial charge in [-0.05, 0) is 66.9 Å². The van der Waals surface area contributed by atoms with Crippen LogP contribution in [0.3, 0.4) is 0 Å². The Morgan fingerprint density at radius 2 is 1.62 bits per heavy atom. The molecule has 0 saturated carbocycles. The van der Waals surface area contributed by atoms with Gasteiger partial charge in [0.05, 0.1) is 27.4 Å². The summed E-state index contributed by atoms with van der Waals surface area (Å²) in [5, 5.41) is 0.615. The molecule has 0 unspecified atom stereocenters. The topological polar surface area (TPSA) is 67.3 Å². The van der Waals surface area contributed by atoms with Crippen LogP contribution in [-0.4, -0.2) is 25.1 Å². The van der Waals surface area contributed by atoms with Gasteiger partial charge in [0.2, 0.25) is 0 Å². The molecule has 0 bridgehead atoms. The summed E-state index contributed by atoms with van der Waals surface area (Å²) in [6, 6.07) is 20.0. The number of rotatable bonds is 6. The zero-order valence-corrected chi connectivity index (χ0v) is 19.8. The minimum absolute atomic E-state index is 0.0188. The molecule has 1 amide bonds. The van der Waals surface area contributed by atoms with Crippen molar-refractivity contribution in [3.63, 3.8) is 0 Å². The summed E-state index contributed by atoms with van der Waals surface area (Å²) in [6.45, 7) is 6.08. The molecule has 3 aromatic carbocycles. The molecule has 0 N–H and O–H groups in total. The number of hydrogen-bond acceptors (Lipinski definition) is 5. The standard InChI is InChI=1S/C25H24N2O3S2/c1-4-32(29,30)21-12-10-20(11-13-21)24(28)27(16-19-8-6-5-7-9-19)25-26-22-14-17(2)18(3)15-23(22)31-25/h5-15H,4,16H2,1-3H3. The molecule has 0 spiro atoms. The van der Waals surface area contributed by atoms with E-state index in [0.717, 1.165) is 21.3 Å². The van der Waals surface area contributed by atoms with Gasteiger partial charge in [0.25, 0.3) is 5.91 Å². The lowest BCUT2D eigenvalue weighted by Crippen LogP contribution is -2.30. The van der Waals surface area contributed by atoms with Crippen LogP contribution in [0, 0.1) is 13.8 Å². The summed E-state index contributed by atoms with van der Waals surface area (Å²) in [4.78, 5) is 20.2. The SMILES string of the molecule is CCS(=O)(=O)c1ccc(C(=O)N(Cc2ccccc2)c2nc3cc(C)c(C)cc3s2)cc1. The fraction of sp³-hybridized carbons (Fsp3) is 0.200. The lowest BCUT2D eigenvalue weighted by molar-refractivity contribution is 0.0985. The van der Waals surface area contributed by atoms with Crippen LogP contribution in [0.1, 0.15) is 34.0 Å². The van der Waals surface area contributed by atoms with E-state index >= 15 is 0 Å². The quantitative estimate of drug-likeness (QED) is 0.375. The maximum atomic E-state index is 13.5. The molecule has 164 valence electrons. The molecule has 1 heterocycles. The number of nitrogens with zero attached hydrogens (tertiary/aromatic N) is 2. The van der Waals surface area contributed by atoms with Gasteiger partial charge in [-0.25, -0.2) is 13.4 Å². The van der Waals surface area contributed by atoms with Crippen molar-refractivity contribution in [3.05, 3.63) is 89.0 Å². The van der Waals surface area contributed by atoms with E-state index in [-0.39, 0.29) is 16.6 Å². The van der Waals surface area contributed by atoms with Gasteiger partial charge in [0, 0.05) is 5.56 Å². The highest BCUT2D eigenvalue weighted by molar-refractivity contribution is 7.91. The first-order valence-corrected chi connectivity index (χ1v) is 12.8. The van der Waals surface area contributed by atoms with E-state index in [1.165, 1.54) is 29.0 Å². The number of amides is 1. The molecule has 0 atom stereocenters.